The van der Waals surface area contributed by atoms with Crippen molar-refractivity contribution in [3.63, 3.8) is 0 Å². The Morgan fingerprint density at radius 1 is 1.07 bits per heavy atom. The number of rotatable bonds is 3. The van der Waals surface area contributed by atoms with Crippen molar-refractivity contribution in [3.8, 4) is 0 Å². The highest BCUT2D eigenvalue weighted by molar-refractivity contribution is 5.76. The Hall–Kier alpha value is -3.67. The number of aromatic nitrogens is 4. The fourth-order valence-corrected chi connectivity index (χ4v) is 4.56. The van der Waals surface area contributed by atoms with Crippen LogP contribution in [0.2, 0.25) is 0 Å². The summed E-state index contributed by atoms with van der Waals surface area (Å²) in [6, 6.07) is 14.3. The number of nitrogens with two attached hydrogens (primary N) is 1. The molecule has 2 aromatic carbocycles. The summed E-state index contributed by atoms with van der Waals surface area (Å²) in [5.74, 6) is 0.554. The van der Waals surface area contributed by atoms with Crippen molar-refractivity contribution in [3.05, 3.63) is 70.9 Å². The molecule has 29 heavy (non-hydrogen) atoms. The molecule has 2 aliphatic carbocycles. The first kappa shape index (κ1) is 16.3. The molecular weight excluding hydrogens is 360 g/mol. The number of hydrogen-bond donors (Lipinski definition) is 2. The maximum Gasteiger partial charge on any atom is 0.229 e. The third-order valence-corrected chi connectivity index (χ3v) is 5.89. The number of fused-ring (bicyclic) bond motifs is 1. The molecule has 2 heterocycles. The van der Waals surface area contributed by atoms with E-state index in [1.54, 1.807) is 5.57 Å². The van der Waals surface area contributed by atoms with E-state index in [1.807, 2.05) is 36.7 Å². The lowest BCUT2D eigenvalue weighted by atomic mass is 10.0. The van der Waals surface area contributed by atoms with Gasteiger partial charge in [-0.3, -0.25) is 0 Å². The Morgan fingerprint density at radius 3 is 2.86 bits per heavy atom. The van der Waals surface area contributed by atoms with Crippen molar-refractivity contribution in [2.45, 2.75) is 25.3 Å². The molecule has 4 aromatic rings. The molecule has 0 spiro atoms. The highest BCUT2D eigenvalue weighted by Crippen LogP contribution is 2.33. The van der Waals surface area contributed by atoms with Crippen LogP contribution in [0.3, 0.4) is 0 Å². The van der Waals surface area contributed by atoms with Crippen LogP contribution in [-0.2, 0) is 0 Å². The molecule has 0 fully saturated rings. The van der Waals surface area contributed by atoms with Gasteiger partial charge in [0.1, 0.15) is 0 Å². The monoisotopic (exact) mass is 380 g/mol. The molecule has 0 bridgehead atoms. The molecule has 2 aliphatic rings. The van der Waals surface area contributed by atoms with E-state index in [1.165, 1.54) is 16.0 Å². The van der Waals surface area contributed by atoms with Crippen molar-refractivity contribution in [2.24, 2.45) is 0 Å². The second kappa shape index (κ2) is 6.17. The molecule has 0 unspecified atom stereocenters. The molecule has 0 saturated heterocycles. The Balaban J connectivity index is 1.42. The standard InChI is InChI=1S/C23H20N6/c24-17-7-9-18(10-8-17)27-23-25-12-16-13-26-29(22(16)28-23)20-11-15-5-1-3-14-4-2-6-19(20)21(14)15/h2-4,6-10,12-13,20H,1,5,11,24H2,(H,25,27,28)/t20-/m1/s1. The van der Waals surface area contributed by atoms with Gasteiger partial charge in [0.05, 0.1) is 17.6 Å². The minimum absolute atomic E-state index is 0.184. The lowest BCUT2D eigenvalue weighted by molar-refractivity contribution is 0.554. The molecule has 6 nitrogen and oxygen atoms in total. The maximum absolute atomic E-state index is 5.77. The zero-order valence-corrected chi connectivity index (χ0v) is 15.8. The predicted molar refractivity (Wildman–Crippen MR) is 115 cm³/mol. The third kappa shape index (κ3) is 2.60. The Kier molecular flexibility index (Phi) is 3.47. The van der Waals surface area contributed by atoms with Crippen LogP contribution < -0.4 is 21.5 Å². The van der Waals surface area contributed by atoms with Gasteiger partial charge in [0.25, 0.3) is 0 Å². The van der Waals surface area contributed by atoms with Gasteiger partial charge in [-0.25, -0.2) is 9.67 Å². The molecule has 3 N–H and O–H groups in total. The number of nitrogens with one attached hydrogen (secondary N) is 1. The largest absolute Gasteiger partial charge is 0.399 e. The van der Waals surface area contributed by atoms with Crippen LogP contribution in [0.1, 0.15) is 30.9 Å². The maximum atomic E-state index is 5.77. The average Bonchev–Trinajstić information content (AvgIpc) is 3.32. The summed E-state index contributed by atoms with van der Waals surface area (Å²) >= 11 is 0. The third-order valence-electron chi connectivity index (χ3n) is 5.89. The molecule has 2 aromatic heterocycles. The van der Waals surface area contributed by atoms with E-state index in [2.05, 4.69) is 39.3 Å². The fourth-order valence-electron chi connectivity index (χ4n) is 4.56. The molecular formula is C23H20N6. The zero-order chi connectivity index (χ0) is 19.4. The SMILES string of the molecule is Nc1ccc(Nc2ncc3cnn([C@@H]4CC5=c6c4cccc6=CCC5)c3n2)cc1. The van der Waals surface area contributed by atoms with Crippen molar-refractivity contribution in [2.75, 3.05) is 11.1 Å². The summed E-state index contributed by atoms with van der Waals surface area (Å²) < 4.78 is 2.06. The van der Waals surface area contributed by atoms with E-state index in [4.69, 9.17) is 15.8 Å². The van der Waals surface area contributed by atoms with E-state index in [9.17, 15) is 0 Å². The quantitative estimate of drug-likeness (QED) is 0.534. The number of nitrogen functional groups attached to an aromatic ring is 1. The molecule has 142 valence electrons. The summed E-state index contributed by atoms with van der Waals surface area (Å²) in [7, 11) is 0. The topological polar surface area (TPSA) is 81.6 Å². The lowest BCUT2D eigenvalue weighted by Gasteiger charge is -2.14. The lowest BCUT2D eigenvalue weighted by Crippen LogP contribution is -2.30. The molecule has 0 aliphatic heterocycles. The minimum Gasteiger partial charge on any atom is -0.399 e. The van der Waals surface area contributed by atoms with Gasteiger partial charge in [-0.15, -0.1) is 0 Å². The smallest absolute Gasteiger partial charge is 0.229 e. The van der Waals surface area contributed by atoms with Crippen LogP contribution in [0.15, 0.2) is 54.9 Å². The predicted octanol–water partition coefficient (Wildman–Crippen LogP) is 2.87. The molecule has 0 radical (unpaired) electrons. The number of anilines is 3. The Bertz CT molecular complexity index is 1370. The number of hydrogen-bond acceptors (Lipinski definition) is 5. The van der Waals surface area contributed by atoms with Gasteiger partial charge in [0.15, 0.2) is 5.65 Å². The molecule has 6 heteroatoms. The Labute approximate surface area is 167 Å². The van der Waals surface area contributed by atoms with Gasteiger partial charge < -0.3 is 11.1 Å². The van der Waals surface area contributed by atoms with Crippen LogP contribution in [0.4, 0.5) is 17.3 Å². The normalized spacial score (nSPS) is 17.2. The van der Waals surface area contributed by atoms with E-state index >= 15 is 0 Å². The van der Waals surface area contributed by atoms with Gasteiger partial charge in [0, 0.05) is 17.6 Å². The van der Waals surface area contributed by atoms with Crippen LogP contribution in [-0.4, -0.2) is 19.7 Å². The van der Waals surface area contributed by atoms with Crippen molar-refractivity contribution in [1.82, 2.24) is 19.7 Å². The van der Waals surface area contributed by atoms with Gasteiger partial charge in [-0.05, 0) is 59.5 Å². The first-order chi connectivity index (χ1) is 14.3. The van der Waals surface area contributed by atoms with Gasteiger partial charge >= 0.3 is 0 Å². The van der Waals surface area contributed by atoms with Gasteiger partial charge in [-0.2, -0.15) is 10.1 Å². The Morgan fingerprint density at radius 2 is 1.97 bits per heavy atom. The zero-order valence-electron chi connectivity index (χ0n) is 15.8. The number of nitrogens with zero attached hydrogens (tertiary/aromatic N) is 4. The highest BCUT2D eigenvalue weighted by Gasteiger charge is 2.28. The van der Waals surface area contributed by atoms with Crippen molar-refractivity contribution >= 4 is 40.0 Å². The second-order valence-corrected chi connectivity index (χ2v) is 7.69. The first-order valence-electron chi connectivity index (χ1n) is 9.90. The highest BCUT2D eigenvalue weighted by atomic mass is 15.3. The second-order valence-electron chi connectivity index (χ2n) is 7.69. The van der Waals surface area contributed by atoms with E-state index in [0.717, 1.165) is 41.7 Å². The molecule has 0 amide bonds. The average molecular weight is 380 g/mol. The van der Waals surface area contributed by atoms with E-state index in [0.29, 0.717) is 5.95 Å². The summed E-state index contributed by atoms with van der Waals surface area (Å²) in [6.07, 6.45) is 9.29. The fraction of sp³-hybridized carbons (Fsp3) is 0.174. The van der Waals surface area contributed by atoms with E-state index in [-0.39, 0.29) is 6.04 Å². The summed E-state index contributed by atoms with van der Waals surface area (Å²) in [5, 5.41) is 11.7. The van der Waals surface area contributed by atoms with Crippen LogP contribution in [0, 0.1) is 0 Å². The van der Waals surface area contributed by atoms with Crippen LogP contribution >= 0.6 is 0 Å². The summed E-state index contributed by atoms with van der Waals surface area (Å²) in [4.78, 5) is 9.24. The minimum atomic E-state index is 0.184. The van der Waals surface area contributed by atoms with Gasteiger partial charge in [0.2, 0.25) is 5.95 Å². The summed E-state index contributed by atoms with van der Waals surface area (Å²) in [5.41, 5.74) is 11.1. The van der Waals surface area contributed by atoms with E-state index < -0.39 is 0 Å². The van der Waals surface area contributed by atoms with Crippen molar-refractivity contribution in [1.29, 1.82) is 0 Å². The van der Waals surface area contributed by atoms with Gasteiger partial charge in [-0.1, -0.05) is 29.8 Å². The molecule has 0 saturated carbocycles. The van der Waals surface area contributed by atoms with Crippen molar-refractivity contribution < 1.29 is 0 Å². The first-order valence-corrected chi connectivity index (χ1v) is 9.90. The molecule has 1 atom stereocenters. The summed E-state index contributed by atoms with van der Waals surface area (Å²) in [6.45, 7) is 0. The number of benzene rings is 2. The van der Waals surface area contributed by atoms with Crippen LogP contribution in [0.5, 0.6) is 0 Å². The van der Waals surface area contributed by atoms with Crippen LogP contribution in [0.25, 0.3) is 22.7 Å². The molecule has 6 rings (SSSR count).